The minimum Gasteiger partial charge on any atom is -0.497 e. The molecule has 0 spiro atoms. The summed E-state index contributed by atoms with van der Waals surface area (Å²) < 4.78 is 22.2. The molecule has 0 radical (unpaired) electrons. The Morgan fingerprint density at radius 2 is 2.20 bits per heavy atom. The number of carbonyl (C=O) groups excluding carboxylic acids is 1. The van der Waals surface area contributed by atoms with Gasteiger partial charge in [-0.05, 0) is 63.6 Å². The summed E-state index contributed by atoms with van der Waals surface area (Å²) in [5, 5.41) is 0. The third-order valence-corrected chi connectivity index (χ3v) is 5.41. The van der Waals surface area contributed by atoms with E-state index in [9.17, 15) is 4.79 Å². The highest BCUT2D eigenvalue weighted by Crippen LogP contribution is 2.30. The first-order chi connectivity index (χ1) is 14.6. The second-order valence-corrected chi connectivity index (χ2v) is 7.61. The summed E-state index contributed by atoms with van der Waals surface area (Å²) in [7, 11) is 1.64. The molecular formula is C24H31NO5. The largest absolute Gasteiger partial charge is 0.497 e. The lowest BCUT2D eigenvalue weighted by Crippen LogP contribution is -2.22. The molecule has 30 heavy (non-hydrogen) atoms. The van der Waals surface area contributed by atoms with Crippen LogP contribution in [-0.2, 0) is 20.9 Å². The average Bonchev–Trinajstić information content (AvgIpc) is 3.13. The van der Waals surface area contributed by atoms with Gasteiger partial charge in [0.15, 0.2) is 0 Å². The SMILES string of the molecule is CCOC(=O)C=CC[C@@H]1CCC[C@H](OCc2nc(-c3cccc(OC)c3)oc2C)C1. The van der Waals surface area contributed by atoms with E-state index in [4.69, 9.17) is 18.6 Å². The molecular weight excluding hydrogens is 382 g/mol. The number of aromatic nitrogens is 1. The summed E-state index contributed by atoms with van der Waals surface area (Å²) in [5.74, 6) is 2.38. The molecule has 1 fully saturated rings. The summed E-state index contributed by atoms with van der Waals surface area (Å²) in [6.45, 7) is 4.57. The van der Waals surface area contributed by atoms with E-state index in [2.05, 4.69) is 4.98 Å². The Morgan fingerprint density at radius 3 is 3.00 bits per heavy atom. The van der Waals surface area contributed by atoms with Gasteiger partial charge < -0.3 is 18.6 Å². The molecule has 2 atom stereocenters. The Balaban J connectivity index is 1.52. The minimum atomic E-state index is -0.269. The molecule has 2 aromatic rings. The molecule has 6 nitrogen and oxygen atoms in total. The van der Waals surface area contributed by atoms with Crippen LogP contribution in [0.2, 0.25) is 0 Å². The summed E-state index contributed by atoms with van der Waals surface area (Å²) >= 11 is 0. The smallest absolute Gasteiger partial charge is 0.330 e. The molecule has 1 aromatic carbocycles. The molecule has 3 rings (SSSR count). The van der Waals surface area contributed by atoms with Gasteiger partial charge in [-0.15, -0.1) is 0 Å². The molecule has 1 saturated carbocycles. The van der Waals surface area contributed by atoms with Crippen LogP contribution < -0.4 is 4.74 Å². The maximum absolute atomic E-state index is 11.4. The van der Waals surface area contributed by atoms with Gasteiger partial charge in [-0.2, -0.15) is 0 Å². The van der Waals surface area contributed by atoms with E-state index in [1.165, 1.54) is 6.08 Å². The summed E-state index contributed by atoms with van der Waals surface area (Å²) in [5.41, 5.74) is 1.71. The Bertz CT molecular complexity index is 857. The standard InChI is InChI=1S/C24H31NO5/c1-4-28-23(26)13-6-9-18-8-5-12-21(14-18)29-16-22-17(2)30-24(25-22)19-10-7-11-20(15-19)27-3/h6-7,10-11,13,15,18,21H,4-5,8-9,12,14,16H2,1-3H3/t18-,21-/m0/s1. The van der Waals surface area contributed by atoms with Gasteiger partial charge in [0.1, 0.15) is 17.2 Å². The fourth-order valence-electron chi connectivity index (χ4n) is 3.79. The van der Waals surface area contributed by atoms with E-state index < -0.39 is 0 Å². The van der Waals surface area contributed by atoms with E-state index in [1.807, 2.05) is 44.2 Å². The monoisotopic (exact) mass is 413 g/mol. The number of nitrogens with zero attached hydrogens (tertiary/aromatic N) is 1. The van der Waals surface area contributed by atoms with Gasteiger partial charge in [0.2, 0.25) is 5.89 Å². The van der Waals surface area contributed by atoms with Gasteiger partial charge >= 0.3 is 5.97 Å². The lowest BCUT2D eigenvalue weighted by Gasteiger charge is -2.28. The maximum Gasteiger partial charge on any atom is 0.330 e. The number of allylic oxidation sites excluding steroid dienone is 1. The molecule has 0 unspecified atom stereocenters. The van der Waals surface area contributed by atoms with Crippen LogP contribution in [0.5, 0.6) is 5.75 Å². The van der Waals surface area contributed by atoms with Crippen molar-refractivity contribution in [1.29, 1.82) is 0 Å². The van der Waals surface area contributed by atoms with Crippen molar-refractivity contribution in [3.05, 3.63) is 47.9 Å². The molecule has 1 heterocycles. The third-order valence-electron chi connectivity index (χ3n) is 5.41. The molecule has 0 saturated heterocycles. The highest BCUT2D eigenvalue weighted by Gasteiger charge is 2.23. The van der Waals surface area contributed by atoms with Crippen LogP contribution in [0.25, 0.3) is 11.5 Å². The number of rotatable bonds is 9. The number of ether oxygens (including phenoxy) is 3. The number of hydrogen-bond acceptors (Lipinski definition) is 6. The van der Waals surface area contributed by atoms with Crippen LogP contribution in [0.15, 0.2) is 40.8 Å². The zero-order valence-corrected chi connectivity index (χ0v) is 18.1. The molecule has 0 aliphatic heterocycles. The fourth-order valence-corrected chi connectivity index (χ4v) is 3.79. The number of carbonyl (C=O) groups is 1. The number of hydrogen-bond donors (Lipinski definition) is 0. The van der Waals surface area contributed by atoms with Gasteiger partial charge in [0.25, 0.3) is 0 Å². The van der Waals surface area contributed by atoms with Crippen molar-refractivity contribution >= 4 is 5.97 Å². The van der Waals surface area contributed by atoms with Crippen LogP contribution in [0, 0.1) is 12.8 Å². The topological polar surface area (TPSA) is 70.8 Å². The Hall–Kier alpha value is -2.60. The molecule has 1 aliphatic carbocycles. The lowest BCUT2D eigenvalue weighted by atomic mass is 9.85. The van der Waals surface area contributed by atoms with E-state index in [1.54, 1.807) is 7.11 Å². The van der Waals surface area contributed by atoms with Gasteiger partial charge in [-0.25, -0.2) is 9.78 Å². The second-order valence-electron chi connectivity index (χ2n) is 7.61. The van der Waals surface area contributed by atoms with Crippen LogP contribution in [0.3, 0.4) is 0 Å². The molecule has 6 heteroatoms. The zero-order chi connectivity index (χ0) is 21.3. The van der Waals surface area contributed by atoms with E-state index in [0.717, 1.165) is 54.9 Å². The maximum atomic E-state index is 11.4. The van der Waals surface area contributed by atoms with Crippen molar-refractivity contribution in [1.82, 2.24) is 4.98 Å². The predicted molar refractivity (Wildman–Crippen MR) is 114 cm³/mol. The number of esters is 1. The first kappa shape index (κ1) is 22.1. The lowest BCUT2D eigenvalue weighted by molar-refractivity contribution is -0.137. The van der Waals surface area contributed by atoms with E-state index >= 15 is 0 Å². The Kier molecular flexibility index (Phi) is 8.08. The summed E-state index contributed by atoms with van der Waals surface area (Å²) in [6.07, 6.45) is 8.88. The van der Waals surface area contributed by atoms with Crippen LogP contribution >= 0.6 is 0 Å². The van der Waals surface area contributed by atoms with E-state index in [-0.39, 0.29) is 12.1 Å². The molecule has 162 valence electrons. The first-order valence-corrected chi connectivity index (χ1v) is 10.6. The molecule has 0 amide bonds. The Morgan fingerprint density at radius 1 is 1.33 bits per heavy atom. The number of oxazole rings is 1. The van der Waals surface area contributed by atoms with Crippen LogP contribution in [0.4, 0.5) is 0 Å². The predicted octanol–water partition coefficient (Wildman–Crippen LogP) is 5.24. The van der Waals surface area contributed by atoms with E-state index in [0.29, 0.717) is 25.0 Å². The van der Waals surface area contributed by atoms with Crippen molar-refractivity contribution in [2.24, 2.45) is 5.92 Å². The molecule has 1 aromatic heterocycles. The van der Waals surface area contributed by atoms with Crippen molar-refractivity contribution < 1.29 is 23.4 Å². The Labute approximate surface area is 178 Å². The number of benzene rings is 1. The molecule has 0 N–H and O–H groups in total. The third kappa shape index (κ3) is 6.20. The number of aryl methyl sites for hydroxylation is 1. The second kappa shape index (κ2) is 11.0. The molecule has 0 bridgehead atoms. The van der Waals surface area contributed by atoms with Crippen molar-refractivity contribution in [2.75, 3.05) is 13.7 Å². The normalized spacial score (nSPS) is 19.2. The fraction of sp³-hybridized carbons (Fsp3) is 0.500. The van der Waals surface area contributed by atoms with Gasteiger partial charge in [-0.1, -0.05) is 18.6 Å². The van der Waals surface area contributed by atoms with Crippen LogP contribution in [-0.4, -0.2) is 30.8 Å². The van der Waals surface area contributed by atoms with Crippen molar-refractivity contribution in [3.8, 4) is 17.2 Å². The zero-order valence-electron chi connectivity index (χ0n) is 18.1. The highest BCUT2D eigenvalue weighted by molar-refractivity contribution is 5.81. The van der Waals surface area contributed by atoms with Crippen molar-refractivity contribution in [3.63, 3.8) is 0 Å². The molecule has 1 aliphatic rings. The van der Waals surface area contributed by atoms with Gasteiger partial charge in [-0.3, -0.25) is 0 Å². The summed E-state index contributed by atoms with van der Waals surface area (Å²) in [6, 6.07) is 7.67. The van der Waals surface area contributed by atoms with Gasteiger partial charge in [0, 0.05) is 11.6 Å². The average molecular weight is 414 g/mol. The van der Waals surface area contributed by atoms with Crippen LogP contribution in [0.1, 0.15) is 50.5 Å². The van der Waals surface area contributed by atoms with Gasteiger partial charge in [0.05, 0.1) is 26.4 Å². The first-order valence-electron chi connectivity index (χ1n) is 10.6. The summed E-state index contributed by atoms with van der Waals surface area (Å²) in [4.78, 5) is 16.1. The number of methoxy groups -OCH3 is 1. The quantitative estimate of drug-likeness (QED) is 0.413. The highest BCUT2D eigenvalue weighted by atomic mass is 16.5. The minimum absolute atomic E-state index is 0.205. The van der Waals surface area contributed by atoms with Crippen molar-refractivity contribution in [2.45, 2.75) is 58.7 Å².